The molecule has 2 N–H and O–H groups in total. The van der Waals surface area contributed by atoms with Crippen LogP contribution in [0.4, 0.5) is 11.5 Å². The number of nitrogens with two attached hydrogens (primary N) is 1. The molecule has 0 saturated carbocycles. The lowest BCUT2D eigenvalue weighted by Crippen LogP contribution is -2.05. The molecular formula is C14H13N5O2. The van der Waals surface area contributed by atoms with Crippen molar-refractivity contribution in [3.63, 3.8) is 0 Å². The van der Waals surface area contributed by atoms with Gasteiger partial charge in [0.05, 0.1) is 12.8 Å². The molecular weight excluding hydrogens is 270 g/mol. The first-order valence-corrected chi connectivity index (χ1v) is 6.00. The Hall–Kier alpha value is -3.14. The molecule has 0 bridgehead atoms. The van der Waals surface area contributed by atoms with Crippen LogP contribution >= 0.6 is 0 Å². The normalized spacial score (nSPS) is 10.3. The molecule has 2 aromatic rings. The molecule has 0 spiro atoms. The number of oxime groups is 1. The predicted octanol–water partition coefficient (Wildman–Crippen LogP) is 2.17. The van der Waals surface area contributed by atoms with Gasteiger partial charge in [0.1, 0.15) is 31.4 Å². The van der Waals surface area contributed by atoms with Crippen LogP contribution in [-0.2, 0) is 11.4 Å². The Morgan fingerprint density at radius 2 is 2.10 bits per heavy atom. The Bertz CT molecular complexity index is 677. The Morgan fingerprint density at radius 3 is 2.76 bits per heavy atom. The Labute approximate surface area is 121 Å². The second-order valence-electron chi connectivity index (χ2n) is 3.96. The topological polar surface area (TPSA) is 87.0 Å². The summed E-state index contributed by atoms with van der Waals surface area (Å²) in [6.45, 7) is 7.20. The largest absolute Gasteiger partial charge is 0.472 e. The van der Waals surface area contributed by atoms with Crippen molar-refractivity contribution in [3.05, 3.63) is 53.1 Å². The Balaban J connectivity index is 2.14. The minimum absolute atomic E-state index is 0.254. The Morgan fingerprint density at radius 1 is 1.33 bits per heavy atom. The van der Waals surface area contributed by atoms with Crippen LogP contribution in [0.1, 0.15) is 11.1 Å². The summed E-state index contributed by atoms with van der Waals surface area (Å²) in [6.07, 6.45) is 2.71. The van der Waals surface area contributed by atoms with E-state index in [2.05, 4.69) is 24.8 Å². The van der Waals surface area contributed by atoms with Gasteiger partial charge < -0.3 is 15.3 Å². The summed E-state index contributed by atoms with van der Waals surface area (Å²) in [6, 6.07) is 7.10. The minimum atomic E-state index is 0.254. The zero-order valence-corrected chi connectivity index (χ0v) is 11.4. The number of ether oxygens (including phenoxy) is 1. The van der Waals surface area contributed by atoms with Crippen LogP contribution in [-0.4, -0.2) is 23.3 Å². The maximum absolute atomic E-state index is 6.90. The highest BCUT2D eigenvalue weighted by Crippen LogP contribution is 2.19. The smallest absolute Gasteiger partial charge is 0.228 e. The van der Waals surface area contributed by atoms with E-state index in [4.69, 9.17) is 17.0 Å². The lowest BCUT2D eigenvalue weighted by atomic mass is 10.2. The van der Waals surface area contributed by atoms with Gasteiger partial charge in [-0.25, -0.2) is 14.8 Å². The van der Waals surface area contributed by atoms with E-state index < -0.39 is 0 Å². The lowest BCUT2D eigenvalue weighted by Gasteiger charge is -2.08. The van der Waals surface area contributed by atoms with Crippen molar-refractivity contribution in [1.82, 2.24) is 9.97 Å². The molecule has 0 aliphatic heterocycles. The summed E-state index contributed by atoms with van der Waals surface area (Å²) in [5.41, 5.74) is 7.71. The SMILES string of the molecule is [C-]#[N+]c1ccc(COc2ncnc(N)c2/C=N/OC)cc1. The fourth-order valence-electron chi connectivity index (χ4n) is 1.55. The van der Waals surface area contributed by atoms with Gasteiger partial charge in [0.15, 0.2) is 5.69 Å². The number of nitrogen functional groups attached to an aromatic ring is 1. The van der Waals surface area contributed by atoms with Crippen molar-refractivity contribution < 1.29 is 9.57 Å². The number of rotatable bonds is 5. The molecule has 1 aromatic carbocycles. The van der Waals surface area contributed by atoms with Crippen molar-refractivity contribution in [2.24, 2.45) is 5.16 Å². The van der Waals surface area contributed by atoms with Crippen molar-refractivity contribution in [2.75, 3.05) is 12.8 Å². The third-order valence-corrected chi connectivity index (χ3v) is 2.61. The molecule has 106 valence electrons. The summed E-state index contributed by atoms with van der Waals surface area (Å²) < 4.78 is 5.62. The van der Waals surface area contributed by atoms with Crippen LogP contribution in [0.5, 0.6) is 5.88 Å². The van der Waals surface area contributed by atoms with E-state index in [0.717, 1.165) is 5.56 Å². The molecule has 0 unspecified atom stereocenters. The zero-order valence-electron chi connectivity index (χ0n) is 11.4. The van der Waals surface area contributed by atoms with Gasteiger partial charge in [0.25, 0.3) is 0 Å². The Kier molecular flexibility index (Phi) is 4.66. The fourth-order valence-corrected chi connectivity index (χ4v) is 1.55. The molecule has 7 heteroatoms. The first-order chi connectivity index (χ1) is 10.2. The van der Waals surface area contributed by atoms with Crippen molar-refractivity contribution in [1.29, 1.82) is 0 Å². The van der Waals surface area contributed by atoms with Crippen LogP contribution < -0.4 is 10.5 Å². The number of hydrogen-bond donors (Lipinski definition) is 1. The molecule has 0 saturated heterocycles. The first kappa shape index (κ1) is 14.3. The van der Waals surface area contributed by atoms with Gasteiger partial charge in [-0.3, -0.25) is 0 Å². The fraction of sp³-hybridized carbons (Fsp3) is 0.143. The van der Waals surface area contributed by atoms with Gasteiger partial charge in [0, 0.05) is 0 Å². The van der Waals surface area contributed by atoms with Gasteiger partial charge >= 0.3 is 0 Å². The zero-order chi connectivity index (χ0) is 15.1. The number of hydrogen-bond acceptors (Lipinski definition) is 6. The highest BCUT2D eigenvalue weighted by molar-refractivity contribution is 5.87. The van der Waals surface area contributed by atoms with Crippen LogP contribution in [0.15, 0.2) is 35.7 Å². The monoisotopic (exact) mass is 283 g/mol. The van der Waals surface area contributed by atoms with Crippen LogP contribution in [0.25, 0.3) is 4.85 Å². The molecule has 1 heterocycles. The molecule has 2 rings (SSSR count). The number of nitrogens with zero attached hydrogens (tertiary/aromatic N) is 4. The molecule has 0 amide bonds. The maximum atomic E-state index is 6.90. The van der Waals surface area contributed by atoms with E-state index in [9.17, 15) is 0 Å². The molecule has 7 nitrogen and oxygen atoms in total. The van der Waals surface area contributed by atoms with Gasteiger partial charge in [-0.1, -0.05) is 29.4 Å². The third kappa shape index (κ3) is 3.67. The van der Waals surface area contributed by atoms with Crippen LogP contribution in [0, 0.1) is 6.57 Å². The average Bonchev–Trinajstić information content (AvgIpc) is 2.52. The summed E-state index contributed by atoms with van der Waals surface area (Å²) in [5, 5.41) is 3.64. The van der Waals surface area contributed by atoms with Crippen LogP contribution in [0.3, 0.4) is 0 Å². The first-order valence-electron chi connectivity index (χ1n) is 6.00. The second kappa shape index (κ2) is 6.86. The summed E-state index contributed by atoms with van der Waals surface area (Å²) in [5.74, 6) is 0.571. The lowest BCUT2D eigenvalue weighted by molar-refractivity contribution is 0.215. The van der Waals surface area contributed by atoms with Crippen molar-refractivity contribution in [2.45, 2.75) is 6.61 Å². The van der Waals surface area contributed by atoms with Gasteiger partial charge in [-0.15, -0.1) is 0 Å². The number of anilines is 1. The predicted molar refractivity (Wildman–Crippen MR) is 78.1 cm³/mol. The number of benzene rings is 1. The van der Waals surface area contributed by atoms with Gasteiger partial charge in [-0.2, -0.15) is 0 Å². The highest BCUT2D eigenvalue weighted by atomic mass is 16.6. The quantitative estimate of drug-likeness (QED) is 0.516. The van der Waals surface area contributed by atoms with E-state index >= 15 is 0 Å². The highest BCUT2D eigenvalue weighted by Gasteiger charge is 2.09. The molecule has 0 aliphatic carbocycles. The molecule has 21 heavy (non-hydrogen) atoms. The van der Waals surface area contributed by atoms with Gasteiger partial charge in [0.2, 0.25) is 5.88 Å². The molecule has 0 radical (unpaired) electrons. The van der Waals surface area contributed by atoms with E-state index in [1.54, 1.807) is 12.1 Å². The standard InChI is InChI=1S/C14H13N5O2/c1-16-11-5-3-10(4-6-11)8-21-14-12(7-19-20-2)13(15)17-9-18-14/h3-7,9H,8H2,2H3,(H2,15,17,18)/b19-7+. The summed E-state index contributed by atoms with van der Waals surface area (Å²) in [7, 11) is 1.43. The molecule has 1 aromatic heterocycles. The summed E-state index contributed by atoms with van der Waals surface area (Å²) in [4.78, 5) is 15.9. The maximum Gasteiger partial charge on any atom is 0.228 e. The van der Waals surface area contributed by atoms with Gasteiger partial charge in [-0.05, 0) is 5.56 Å². The van der Waals surface area contributed by atoms with Crippen LogP contribution in [0.2, 0.25) is 0 Å². The molecule has 0 atom stereocenters. The van der Waals surface area contributed by atoms with E-state index in [1.807, 2.05) is 12.1 Å². The van der Waals surface area contributed by atoms with E-state index in [1.165, 1.54) is 19.7 Å². The average molecular weight is 283 g/mol. The van der Waals surface area contributed by atoms with E-state index in [0.29, 0.717) is 23.7 Å². The minimum Gasteiger partial charge on any atom is -0.472 e. The molecule has 0 aliphatic rings. The molecule has 0 fully saturated rings. The summed E-state index contributed by atoms with van der Waals surface area (Å²) >= 11 is 0. The van der Waals surface area contributed by atoms with Crippen molar-refractivity contribution >= 4 is 17.7 Å². The third-order valence-electron chi connectivity index (χ3n) is 2.61. The van der Waals surface area contributed by atoms with Crippen molar-refractivity contribution in [3.8, 4) is 5.88 Å². The second-order valence-corrected chi connectivity index (χ2v) is 3.96. The number of aromatic nitrogens is 2. The van der Waals surface area contributed by atoms with E-state index in [-0.39, 0.29) is 5.82 Å².